The number of aliphatic hydroxyl groups excluding tert-OH is 1. The van der Waals surface area contributed by atoms with E-state index in [9.17, 15) is 14.3 Å². The zero-order valence-corrected chi connectivity index (χ0v) is 18.8. The van der Waals surface area contributed by atoms with Gasteiger partial charge in [-0.2, -0.15) is 8.78 Å². The first kappa shape index (κ1) is 23.5. The molecule has 3 heterocycles. The number of carbonyl (C=O) groups is 1. The van der Waals surface area contributed by atoms with Gasteiger partial charge in [0.15, 0.2) is 17.3 Å². The topological polar surface area (TPSA) is 84.2 Å². The number of carbonyl (C=O) groups excluding carboxylic acids is 1. The van der Waals surface area contributed by atoms with Gasteiger partial charge in [0.1, 0.15) is 30.7 Å². The fraction of sp³-hybridized carbons (Fsp3) is 0.400. The number of amides is 1. The minimum Gasteiger partial charge on any atom is -0.486 e. The highest BCUT2D eigenvalue weighted by Crippen LogP contribution is 2.36. The number of rotatable bonds is 7. The number of hydrogen-bond acceptors (Lipinski definition) is 6. The van der Waals surface area contributed by atoms with E-state index in [1.165, 1.54) is 6.07 Å². The molecule has 0 spiro atoms. The number of hydrogen-bond donors (Lipinski definition) is 2. The first-order valence-electron chi connectivity index (χ1n) is 11.5. The molecule has 2 N–H and O–H groups in total. The number of furan rings is 1. The normalized spacial score (nSPS) is 17.9. The minimum atomic E-state index is -4.04. The first-order valence-corrected chi connectivity index (χ1v) is 11.5. The molecule has 2 aliphatic heterocycles. The predicted octanol–water partition coefficient (Wildman–Crippen LogP) is 3.75. The third kappa shape index (κ3) is 4.81. The standard InChI is InChI=1S/C25H25F3N2O5/c26-17-4-6-19-16(11-17)13-22(35-19)25(27,28)24(32)29-18(14-30-7-1-2-8-30)23(31)15-3-5-20-21(12-15)34-10-9-33-20/h3-6,11-13,18,23,31H,1-2,7-10,14H2,(H,29,32). The fourth-order valence-corrected chi connectivity index (χ4v) is 4.48. The Labute approximate surface area is 199 Å². The molecule has 0 saturated carbocycles. The number of fused-ring (bicyclic) bond motifs is 2. The Hall–Kier alpha value is -3.24. The Morgan fingerprint density at radius 1 is 1.06 bits per heavy atom. The molecular formula is C25H25F3N2O5. The predicted molar refractivity (Wildman–Crippen MR) is 120 cm³/mol. The zero-order chi connectivity index (χ0) is 24.6. The van der Waals surface area contributed by atoms with Crippen molar-refractivity contribution in [2.75, 3.05) is 32.8 Å². The number of ether oxygens (including phenoxy) is 2. The number of nitrogens with zero attached hydrogens (tertiary/aromatic N) is 1. The lowest BCUT2D eigenvalue weighted by molar-refractivity contribution is -0.151. The summed E-state index contributed by atoms with van der Waals surface area (Å²) in [7, 11) is 0. The van der Waals surface area contributed by atoms with Gasteiger partial charge in [0, 0.05) is 11.9 Å². The van der Waals surface area contributed by atoms with Gasteiger partial charge in [-0.25, -0.2) is 4.39 Å². The Bertz CT molecular complexity index is 1230. The number of likely N-dealkylation sites (tertiary alicyclic amines) is 1. The van der Waals surface area contributed by atoms with Crippen LogP contribution in [0.5, 0.6) is 11.5 Å². The number of nitrogens with one attached hydrogen (secondary N) is 1. The van der Waals surface area contributed by atoms with Crippen LogP contribution in [0.15, 0.2) is 46.9 Å². The molecule has 186 valence electrons. The van der Waals surface area contributed by atoms with Gasteiger partial charge in [-0.1, -0.05) is 6.07 Å². The molecule has 1 fully saturated rings. The van der Waals surface area contributed by atoms with E-state index in [2.05, 4.69) is 5.32 Å². The average molecular weight is 490 g/mol. The van der Waals surface area contributed by atoms with Gasteiger partial charge in [0.25, 0.3) is 5.91 Å². The molecule has 0 bridgehead atoms. The largest absolute Gasteiger partial charge is 0.486 e. The van der Waals surface area contributed by atoms with Gasteiger partial charge < -0.3 is 29.2 Å². The summed E-state index contributed by atoms with van der Waals surface area (Å²) in [6.45, 7) is 2.43. The lowest BCUT2D eigenvalue weighted by Gasteiger charge is -2.30. The zero-order valence-electron chi connectivity index (χ0n) is 18.8. The van der Waals surface area contributed by atoms with E-state index in [4.69, 9.17) is 13.9 Å². The highest BCUT2D eigenvalue weighted by molar-refractivity contribution is 5.87. The molecule has 35 heavy (non-hydrogen) atoms. The van der Waals surface area contributed by atoms with Crippen molar-refractivity contribution < 1.29 is 37.0 Å². The molecule has 2 unspecified atom stereocenters. The maximum Gasteiger partial charge on any atom is 0.380 e. The summed E-state index contributed by atoms with van der Waals surface area (Å²) in [6.07, 6.45) is 0.620. The van der Waals surface area contributed by atoms with E-state index < -0.39 is 35.6 Å². The highest BCUT2D eigenvalue weighted by Gasteiger charge is 2.46. The summed E-state index contributed by atoms with van der Waals surface area (Å²) in [5.74, 6) is -6.18. The van der Waals surface area contributed by atoms with E-state index >= 15 is 8.78 Å². The van der Waals surface area contributed by atoms with Crippen molar-refractivity contribution >= 4 is 16.9 Å². The quantitative estimate of drug-likeness (QED) is 0.525. The average Bonchev–Trinajstić information content (AvgIpc) is 3.52. The number of aliphatic hydroxyl groups is 1. The molecule has 1 saturated heterocycles. The van der Waals surface area contributed by atoms with Crippen LogP contribution in [0, 0.1) is 5.82 Å². The van der Waals surface area contributed by atoms with Crippen LogP contribution in [0.4, 0.5) is 13.2 Å². The van der Waals surface area contributed by atoms with Crippen LogP contribution in [0.25, 0.3) is 11.0 Å². The van der Waals surface area contributed by atoms with Crippen molar-refractivity contribution in [1.82, 2.24) is 10.2 Å². The summed E-state index contributed by atoms with van der Waals surface area (Å²) in [4.78, 5) is 14.8. The Morgan fingerprint density at radius 2 is 1.80 bits per heavy atom. The van der Waals surface area contributed by atoms with Crippen LogP contribution < -0.4 is 14.8 Å². The van der Waals surface area contributed by atoms with Crippen LogP contribution in [-0.2, 0) is 10.7 Å². The SMILES string of the molecule is O=C(NC(CN1CCCC1)C(O)c1ccc2c(c1)OCCO2)C(F)(F)c1cc2cc(F)ccc2o1. The number of benzene rings is 2. The van der Waals surface area contributed by atoms with Crippen LogP contribution in [-0.4, -0.2) is 54.8 Å². The molecule has 10 heteroatoms. The minimum absolute atomic E-state index is 0.0406. The third-order valence-corrected chi connectivity index (χ3v) is 6.33. The van der Waals surface area contributed by atoms with Gasteiger partial charge in [0.2, 0.25) is 0 Å². The van der Waals surface area contributed by atoms with Crippen molar-refractivity contribution in [3.63, 3.8) is 0 Å². The van der Waals surface area contributed by atoms with E-state index in [0.717, 1.165) is 44.1 Å². The number of alkyl halides is 2. The molecule has 3 aromatic rings. The van der Waals surface area contributed by atoms with Crippen LogP contribution >= 0.6 is 0 Å². The molecule has 1 aromatic heterocycles. The molecule has 2 aliphatic rings. The summed E-state index contributed by atoms with van der Waals surface area (Å²) in [6, 6.07) is 8.14. The van der Waals surface area contributed by atoms with E-state index in [1.807, 2.05) is 4.90 Å². The molecule has 2 aromatic carbocycles. The molecule has 2 atom stereocenters. The van der Waals surface area contributed by atoms with Gasteiger partial charge in [-0.05, 0) is 67.9 Å². The molecular weight excluding hydrogens is 465 g/mol. The summed E-state index contributed by atoms with van der Waals surface area (Å²) >= 11 is 0. The summed E-state index contributed by atoms with van der Waals surface area (Å²) < 4.78 is 59.9. The second-order valence-electron chi connectivity index (χ2n) is 8.80. The monoisotopic (exact) mass is 490 g/mol. The molecule has 7 nitrogen and oxygen atoms in total. The number of halogens is 3. The lowest BCUT2D eigenvalue weighted by Crippen LogP contribution is -2.50. The van der Waals surface area contributed by atoms with Gasteiger partial charge in [-0.3, -0.25) is 4.79 Å². The Morgan fingerprint density at radius 3 is 2.57 bits per heavy atom. The van der Waals surface area contributed by atoms with Crippen LogP contribution in [0.3, 0.4) is 0 Å². The van der Waals surface area contributed by atoms with Crippen molar-refractivity contribution in [3.8, 4) is 11.5 Å². The Balaban J connectivity index is 1.39. The van der Waals surface area contributed by atoms with Crippen LogP contribution in [0.2, 0.25) is 0 Å². The molecule has 1 amide bonds. The maximum atomic E-state index is 15.1. The third-order valence-electron chi connectivity index (χ3n) is 6.33. The first-order chi connectivity index (χ1) is 16.8. The van der Waals surface area contributed by atoms with E-state index in [-0.39, 0.29) is 17.5 Å². The molecule has 5 rings (SSSR count). The van der Waals surface area contributed by atoms with Gasteiger partial charge >= 0.3 is 5.92 Å². The Kier molecular flexibility index (Phi) is 6.33. The molecule has 0 aliphatic carbocycles. The van der Waals surface area contributed by atoms with E-state index in [1.54, 1.807) is 18.2 Å². The van der Waals surface area contributed by atoms with Crippen molar-refractivity contribution in [1.29, 1.82) is 0 Å². The summed E-state index contributed by atoms with van der Waals surface area (Å²) in [5, 5.41) is 13.6. The van der Waals surface area contributed by atoms with Gasteiger partial charge in [0.05, 0.1) is 6.04 Å². The van der Waals surface area contributed by atoms with E-state index in [0.29, 0.717) is 30.3 Å². The second-order valence-corrected chi connectivity index (χ2v) is 8.80. The summed E-state index contributed by atoms with van der Waals surface area (Å²) in [5.41, 5.74) is 0.445. The maximum absolute atomic E-state index is 15.1. The smallest absolute Gasteiger partial charge is 0.380 e. The lowest BCUT2D eigenvalue weighted by atomic mass is 10.0. The van der Waals surface area contributed by atoms with Gasteiger partial charge in [-0.15, -0.1) is 0 Å². The van der Waals surface area contributed by atoms with Crippen molar-refractivity contribution in [2.45, 2.75) is 30.9 Å². The van der Waals surface area contributed by atoms with Crippen molar-refractivity contribution in [2.24, 2.45) is 0 Å². The second kappa shape index (κ2) is 9.43. The van der Waals surface area contributed by atoms with Crippen molar-refractivity contribution in [3.05, 3.63) is 59.6 Å². The fourth-order valence-electron chi connectivity index (χ4n) is 4.48. The van der Waals surface area contributed by atoms with Crippen LogP contribution in [0.1, 0.15) is 30.3 Å². The molecule has 0 radical (unpaired) electrons. The highest BCUT2D eigenvalue weighted by atomic mass is 19.3.